The number of hydrogen-bond donors (Lipinski definition) is 1. The van der Waals surface area contributed by atoms with E-state index in [9.17, 15) is 4.79 Å². The Morgan fingerprint density at radius 2 is 2.40 bits per heavy atom. The molecule has 0 saturated heterocycles. The van der Waals surface area contributed by atoms with Crippen LogP contribution < -0.4 is 5.73 Å². The fourth-order valence-electron chi connectivity index (χ4n) is 1.26. The molecule has 2 atom stereocenters. The van der Waals surface area contributed by atoms with Crippen molar-refractivity contribution in [3.8, 4) is 0 Å². The van der Waals surface area contributed by atoms with Crippen molar-refractivity contribution in [3.63, 3.8) is 0 Å². The van der Waals surface area contributed by atoms with Crippen LogP contribution in [0.5, 0.6) is 0 Å². The first-order valence-electron chi connectivity index (χ1n) is 4.99. The topological polar surface area (TPSA) is 70.1 Å². The molecule has 5 heteroatoms. The van der Waals surface area contributed by atoms with Crippen molar-refractivity contribution in [2.75, 3.05) is 6.61 Å². The molecule has 2 unspecified atom stereocenters. The van der Waals surface area contributed by atoms with E-state index < -0.39 is 12.0 Å². The van der Waals surface area contributed by atoms with Gasteiger partial charge in [0.2, 0.25) is 0 Å². The lowest BCUT2D eigenvalue weighted by Crippen LogP contribution is -2.39. The van der Waals surface area contributed by atoms with Crippen molar-refractivity contribution in [1.29, 1.82) is 0 Å². The smallest absolute Gasteiger partial charge is 0.325 e. The Morgan fingerprint density at radius 1 is 1.73 bits per heavy atom. The number of aryl methyl sites for hydroxylation is 1. The van der Waals surface area contributed by atoms with E-state index in [0.29, 0.717) is 6.61 Å². The summed E-state index contributed by atoms with van der Waals surface area (Å²) in [5.74, 6) is -0.391. The van der Waals surface area contributed by atoms with Crippen molar-refractivity contribution in [2.24, 2.45) is 5.73 Å². The molecule has 5 nitrogen and oxygen atoms in total. The van der Waals surface area contributed by atoms with Gasteiger partial charge in [0.25, 0.3) is 0 Å². The monoisotopic (exact) mass is 211 g/mol. The van der Waals surface area contributed by atoms with Crippen molar-refractivity contribution in [2.45, 2.75) is 32.9 Å². The largest absolute Gasteiger partial charge is 0.465 e. The molecule has 0 aliphatic carbocycles. The Hall–Kier alpha value is -1.36. The second kappa shape index (κ2) is 4.93. The van der Waals surface area contributed by atoms with E-state index >= 15 is 0 Å². The van der Waals surface area contributed by atoms with E-state index in [0.717, 1.165) is 5.56 Å². The third-order valence-corrected chi connectivity index (χ3v) is 2.23. The molecule has 0 saturated carbocycles. The van der Waals surface area contributed by atoms with Crippen molar-refractivity contribution in [3.05, 3.63) is 18.0 Å². The highest BCUT2D eigenvalue weighted by Crippen LogP contribution is 2.10. The van der Waals surface area contributed by atoms with Gasteiger partial charge < -0.3 is 10.5 Å². The lowest BCUT2D eigenvalue weighted by molar-refractivity contribution is -0.145. The first-order valence-corrected chi connectivity index (χ1v) is 4.99. The summed E-state index contributed by atoms with van der Waals surface area (Å²) in [7, 11) is 0. The van der Waals surface area contributed by atoms with Crippen LogP contribution in [0.15, 0.2) is 12.4 Å². The van der Waals surface area contributed by atoms with E-state index in [1.165, 1.54) is 0 Å². The van der Waals surface area contributed by atoms with Crippen molar-refractivity contribution >= 4 is 5.97 Å². The quantitative estimate of drug-likeness (QED) is 0.742. The molecule has 0 aliphatic heterocycles. The van der Waals surface area contributed by atoms with Crippen molar-refractivity contribution < 1.29 is 9.53 Å². The van der Waals surface area contributed by atoms with Gasteiger partial charge in [0.15, 0.2) is 0 Å². The molecular weight excluding hydrogens is 194 g/mol. The molecule has 0 amide bonds. The van der Waals surface area contributed by atoms with Gasteiger partial charge >= 0.3 is 5.97 Å². The summed E-state index contributed by atoms with van der Waals surface area (Å²) >= 11 is 0. The summed E-state index contributed by atoms with van der Waals surface area (Å²) in [4.78, 5) is 11.4. The summed E-state index contributed by atoms with van der Waals surface area (Å²) in [5, 5.41) is 4.11. The number of aromatic nitrogens is 2. The molecule has 2 N–H and O–H groups in total. The van der Waals surface area contributed by atoms with Crippen LogP contribution >= 0.6 is 0 Å². The maximum absolute atomic E-state index is 11.4. The molecule has 84 valence electrons. The second-order valence-electron chi connectivity index (χ2n) is 3.52. The molecule has 1 aromatic rings. The van der Waals surface area contributed by atoms with Crippen LogP contribution in [0.25, 0.3) is 0 Å². The SMILES string of the molecule is CCOC(=O)C(N)C(C)n1cc(C)cn1. The van der Waals surface area contributed by atoms with Crippen LogP contribution in [-0.2, 0) is 9.53 Å². The number of nitrogens with two attached hydrogens (primary N) is 1. The molecule has 0 fully saturated rings. The second-order valence-corrected chi connectivity index (χ2v) is 3.52. The van der Waals surface area contributed by atoms with Crippen LogP contribution in [0.2, 0.25) is 0 Å². The van der Waals surface area contributed by atoms with Gasteiger partial charge in [0.1, 0.15) is 6.04 Å². The Kier molecular flexibility index (Phi) is 3.85. The fourth-order valence-corrected chi connectivity index (χ4v) is 1.26. The van der Waals surface area contributed by atoms with Gasteiger partial charge in [-0.05, 0) is 26.3 Å². The van der Waals surface area contributed by atoms with E-state index in [2.05, 4.69) is 5.10 Å². The Morgan fingerprint density at radius 3 is 2.87 bits per heavy atom. The number of carbonyl (C=O) groups excluding carboxylic acids is 1. The van der Waals surface area contributed by atoms with Gasteiger partial charge in [-0.15, -0.1) is 0 Å². The zero-order chi connectivity index (χ0) is 11.4. The highest BCUT2D eigenvalue weighted by atomic mass is 16.5. The first kappa shape index (κ1) is 11.7. The Bertz CT molecular complexity index is 335. The van der Waals surface area contributed by atoms with E-state index in [1.807, 2.05) is 20.0 Å². The summed E-state index contributed by atoms with van der Waals surface area (Å²) in [6.07, 6.45) is 3.58. The van der Waals surface area contributed by atoms with Crippen molar-refractivity contribution in [1.82, 2.24) is 9.78 Å². The fraction of sp³-hybridized carbons (Fsp3) is 0.600. The predicted octanol–water partition coefficient (Wildman–Crippen LogP) is 0.643. The lowest BCUT2D eigenvalue weighted by Gasteiger charge is -2.18. The van der Waals surface area contributed by atoms with Gasteiger partial charge in [0, 0.05) is 6.20 Å². The molecule has 0 bridgehead atoms. The Balaban J connectivity index is 2.67. The number of nitrogens with zero attached hydrogens (tertiary/aromatic N) is 2. The van der Waals surface area contributed by atoms with Gasteiger partial charge in [-0.2, -0.15) is 5.10 Å². The predicted molar refractivity (Wildman–Crippen MR) is 56.3 cm³/mol. The third kappa shape index (κ3) is 2.79. The number of esters is 1. The normalized spacial score (nSPS) is 14.7. The number of rotatable bonds is 4. The number of hydrogen-bond acceptors (Lipinski definition) is 4. The maximum Gasteiger partial charge on any atom is 0.325 e. The third-order valence-electron chi connectivity index (χ3n) is 2.23. The molecule has 0 radical (unpaired) electrons. The number of carbonyl (C=O) groups is 1. The molecule has 1 rings (SSSR count). The zero-order valence-corrected chi connectivity index (χ0v) is 9.30. The minimum atomic E-state index is -0.677. The maximum atomic E-state index is 11.4. The minimum Gasteiger partial charge on any atom is -0.465 e. The van der Waals surface area contributed by atoms with Gasteiger partial charge in [0.05, 0.1) is 18.8 Å². The van der Waals surface area contributed by atoms with Gasteiger partial charge in [-0.1, -0.05) is 0 Å². The van der Waals surface area contributed by atoms with Crippen LogP contribution in [0, 0.1) is 6.92 Å². The molecule has 0 spiro atoms. The average Bonchev–Trinajstić information content (AvgIpc) is 2.63. The van der Waals surface area contributed by atoms with Crippen LogP contribution in [0.1, 0.15) is 25.5 Å². The van der Waals surface area contributed by atoms with E-state index in [4.69, 9.17) is 10.5 Å². The standard InChI is InChI=1S/C10H17N3O2/c1-4-15-10(14)9(11)8(3)13-6-7(2)5-12-13/h5-6,8-9H,4,11H2,1-3H3. The molecule has 15 heavy (non-hydrogen) atoms. The average molecular weight is 211 g/mol. The summed E-state index contributed by atoms with van der Waals surface area (Å²) in [5.41, 5.74) is 6.79. The highest BCUT2D eigenvalue weighted by molar-refractivity contribution is 5.76. The van der Waals surface area contributed by atoms with Crippen LogP contribution in [0.3, 0.4) is 0 Å². The Labute approximate surface area is 89.2 Å². The van der Waals surface area contributed by atoms with E-state index in [1.54, 1.807) is 17.8 Å². The summed E-state index contributed by atoms with van der Waals surface area (Å²) < 4.78 is 6.53. The van der Waals surface area contributed by atoms with Gasteiger partial charge in [-0.3, -0.25) is 9.48 Å². The van der Waals surface area contributed by atoms with E-state index in [-0.39, 0.29) is 6.04 Å². The lowest BCUT2D eigenvalue weighted by atomic mass is 10.1. The van der Waals surface area contributed by atoms with Crippen LogP contribution in [-0.4, -0.2) is 28.4 Å². The molecule has 0 aliphatic rings. The molecule has 1 heterocycles. The minimum absolute atomic E-state index is 0.197. The summed E-state index contributed by atoms with van der Waals surface area (Å²) in [6, 6.07) is -0.873. The van der Waals surface area contributed by atoms with Gasteiger partial charge in [-0.25, -0.2) is 0 Å². The molecular formula is C10H17N3O2. The molecule has 0 aromatic carbocycles. The highest BCUT2D eigenvalue weighted by Gasteiger charge is 2.23. The molecule has 1 aromatic heterocycles. The number of ether oxygens (including phenoxy) is 1. The summed E-state index contributed by atoms with van der Waals surface area (Å²) in [6.45, 7) is 5.88. The van der Waals surface area contributed by atoms with Crippen LogP contribution in [0.4, 0.5) is 0 Å². The zero-order valence-electron chi connectivity index (χ0n) is 9.30. The first-order chi connectivity index (χ1) is 7.06.